The summed E-state index contributed by atoms with van der Waals surface area (Å²) in [7, 11) is 1.49. The minimum Gasteiger partial charge on any atom is -0.496 e. The van der Waals surface area contributed by atoms with Gasteiger partial charge in [-0.25, -0.2) is 4.39 Å². The number of hydrogen-bond acceptors (Lipinski definition) is 3. The first kappa shape index (κ1) is 30.2. The number of rotatable bonds is 7. The largest absolute Gasteiger partial charge is 0.496 e. The summed E-state index contributed by atoms with van der Waals surface area (Å²) in [5, 5.41) is 5.18. The second-order valence-electron chi connectivity index (χ2n) is 9.54. The average molecular weight is 603 g/mol. The highest BCUT2D eigenvalue weighted by Gasteiger charge is 2.73. The first-order chi connectivity index (χ1) is 19.1. The molecule has 1 fully saturated rings. The predicted molar refractivity (Wildman–Crippen MR) is 137 cm³/mol. The van der Waals surface area contributed by atoms with E-state index in [1.807, 2.05) is 0 Å². The second-order valence-corrected chi connectivity index (χ2v) is 9.94. The number of carbonyl (C=O) groups excluding carboxylic acids is 2. The lowest BCUT2D eigenvalue weighted by Crippen LogP contribution is -2.50. The number of methoxy groups -OCH3 is 1. The molecule has 1 saturated carbocycles. The number of para-hydroxylation sites is 1. The normalized spacial score (nSPS) is 14.8. The van der Waals surface area contributed by atoms with Gasteiger partial charge in [-0.3, -0.25) is 9.59 Å². The molecule has 1 aliphatic carbocycles. The molecule has 2 N–H and O–H groups in total. The summed E-state index contributed by atoms with van der Waals surface area (Å²) in [6.07, 6.45) is -11.4. The fourth-order valence-electron chi connectivity index (χ4n) is 4.55. The molecular weight excluding hydrogens is 581 g/mol. The minimum absolute atomic E-state index is 0.0735. The maximum atomic E-state index is 14.5. The van der Waals surface area contributed by atoms with Gasteiger partial charge in [-0.05, 0) is 49.6 Å². The molecule has 218 valence electrons. The van der Waals surface area contributed by atoms with Gasteiger partial charge < -0.3 is 15.4 Å². The zero-order valence-corrected chi connectivity index (χ0v) is 22.2. The number of nitrogens with one attached hydrogen (secondary N) is 2. The minimum atomic E-state index is -6.28. The van der Waals surface area contributed by atoms with Gasteiger partial charge in [0.15, 0.2) is 0 Å². The van der Waals surface area contributed by atoms with Gasteiger partial charge >= 0.3 is 18.0 Å². The Morgan fingerprint density at radius 3 is 2.07 bits per heavy atom. The highest BCUT2D eigenvalue weighted by molar-refractivity contribution is 6.35. The molecule has 3 aromatic rings. The Labute approximate surface area is 234 Å². The van der Waals surface area contributed by atoms with Crippen molar-refractivity contribution in [1.29, 1.82) is 0 Å². The third-order valence-corrected chi connectivity index (χ3v) is 7.18. The van der Waals surface area contributed by atoms with E-state index in [0.29, 0.717) is 30.7 Å². The van der Waals surface area contributed by atoms with Gasteiger partial charge in [0, 0.05) is 16.8 Å². The molecule has 0 atom stereocenters. The molecule has 0 unspecified atom stereocenters. The smallest absolute Gasteiger partial charge is 0.435 e. The van der Waals surface area contributed by atoms with Gasteiger partial charge in [-0.15, -0.1) is 0 Å². The zero-order valence-electron chi connectivity index (χ0n) is 21.4. The van der Waals surface area contributed by atoms with E-state index in [-0.39, 0.29) is 27.4 Å². The van der Waals surface area contributed by atoms with Gasteiger partial charge in [0.25, 0.3) is 11.8 Å². The number of benzene rings is 3. The summed E-state index contributed by atoms with van der Waals surface area (Å²) in [5.41, 5.74) is -8.24. The highest BCUT2D eigenvalue weighted by atomic mass is 35.5. The van der Waals surface area contributed by atoms with E-state index in [9.17, 15) is 40.3 Å². The molecule has 0 bridgehead atoms. The molecule has 0 saturated heterocycles. The third-order valence-electron chi connectivity index (χ3n) is 6.86. The van der Waals surface area contributed by atoms with Gasteiger partial charge in [-0.1, -0.05) is 48.0 Å². The monoisotopic (exact) mass is 602 g/mol. The first-order valence-electron chi connectivity index (χ1n) is 12.0. The summed E-state index contributed by atoms with van der Waals surface area (Å²) in [6.45, 7) is 1.10. The Balaban J connectivity index is 1.63. The summed E-state index contributed by atoms with van der Waals surface area (Å²) in [5.74, 6) is -1.06. The topological polar surface area (TPSA) is 67.4 Å². The van der Waals surface area contributed by atoms with E-state index in [1.54, 1.807) is 24.3 Å². The van der Waals surface area contributed by atoms with Crippen LogP contribution >= 0.6 is 11.6 Å². The Morgan fingerprint density at radius 1 is 0.878 bits per heavy atom. The SMILES string of the molecule is COc1ccccc1C1(NC(=O)c2c(Cl)cccc2C(=O)Nc2ccc(C(F)(C(F)(F)F)C(F)(F)F)cc2C)CC1. The molecule has 0 heterocycles. The van der Waals surface area contributed by atoms with Crippen molar-refractivity contribution >= 4 is 29.1 Å². The molecule has 2 amide bonds. The van der Waals surface area contributed by atoms with Crippen molar-refractivity contribution < 1.29 is 45.1 Å². The summed E-state index contributed by atoms with van der Waals surface area (Å²) in [6, 6.07) is 12.5. The fraction of sp³-hybridized carbons (Fsp3) is 0.286. The predicted octanol–water partition coefficient (Wildman–Crippen LogP) is 7.62. The molecule has 0 aromatic heterocycles. The van der Waals surface area contributed by atoms with Crippen molar-refractivity contribution in [2.75, 3.05) is 12.4 Å². The summed E-state index contributed by atoms with van der Waals surface area (Å²) < 4.78 is 98.8. The molecule has 0 aliphatic heterocycles. The second kappa shape index (κ2) is 10.6. The van der Waals surface area contributed by atoms with Crippen molar-refractivity contribution in [2.45, 2.75) is 43.3 Å². The van der Waals surface area contributed by atoms with E-state index in [0.717, 1.165) is 18.6 Å². The fourth-order valence-corrected chi connectivity index (χ4v) is 4.81. The average Bonchev–Trinajstić information content (AvgIpc) is 3.67. The van der Waals surface area contributed by atoms with E-state index in [4.69, 9.17) is 16.3 Å². The molecule has 0 radical (unpaired) electrons. The van der Waals surface area contributed by atoms with Crippen LogP contribution in [0.4, 0.5) is 36.4 Å². The summed E-state index contributed by atoms with van der Waals surface area (Å²) >= 11 is 6.29. The zero-order chi connectivity index (χ0) is 30.4. The number of amides is 2. The van der Waals surface area contributed by atoms with Crippen LogP contribution in [0.25, 0.3) is 0 Å². The maximum Gasteiger partial charge on any atom is 0.435 e. The molecular formula is C28H22ClF7N2O3. The van der Waals surface area contributed by atoms with E-state index in [2.05, 4.69) is 10.6 Å². The Bertz CT molecular complexity index is 1490. The van der Waals surface area contributed by atoms with Gasteiger partial charge in [0.2, 0.25) is 0 Å². The number of alkyl halides is 7. The van der Waals surface area contributed by atoms with Crippen molar-refractivity contribution in [1.82, 2.24) is 5.32 Å². The molecule has 0 spiro atoms. The van der Waals surface area contributed by atoms with Crippen LogP contribution in [-0.2, 0) is 11.2 Å². The number of hydrogen-bond donors (Lipinski definition) is 2. The Kier molecular flexibility index (Phi) is 7.76. The summed E-state index contributed by atoms with van der Waals surface area (Å²) in [4.78, 5) is 26.6. The van der Waals surface area contributed by atoms with E-state index >= 15 is 0 Å². The number of aryl methyl sites for hydroxylation is 1. The number of carbonyl (C=O) groups is 2. The van der Waals surface area contributed by atoms with E-state index < -0.39 is 40.9 Å². The quantitative estimate of drug-likeness (QED) is 0.274. The van der Waals surface area contributed by atoms with E-state index in [1.165, 1.54) is 25.3 Å². The molecule has 1 aliphatic rings. The van der Waals surface area contributed by atoms with Crippen LogP contribution in [0.2, 0.25) is 5.02 Å². The lowest BCUT2D eigenvalue weighted by molar-refractivity contribution is -0.348. The molecule has 3 aromatic carbocycles. The lowest BCUT2D eigenvalue weighted by atomic mass is 9.92. The highest BCUT2D eigenvalue weighted by Crippen LogP contribution is 2.53. The first-order valence-corrected chi connectivity index (χ1v) is 12.4. The van der Waals surface area contributed by atoms with Crippen LogP contribution in [0, 0.1) is 6.92 Å². The van der Waals surface area contributed by atoms with Crippen LogP contribution in [0.15, 0.2) is 60.7 Å². The van der Waals surface area contributed by atoms with Crippen molar-refractivity contribution in [3.63, 3.8) is 0 Å². The number of halogens is 8. The van der Waals surface area contributed by atoms with Crippen LogP contribution in [-0.4, -0.2) is 31.3 Å². The number of ether oxygens (including phenoxy) is 1. The third kappa shape index (κ3) is 5.44. The van der Waals surface area contributed by atoms with Gasteiger partial charge in [0.05, 0.1) is 28.8 Å². The van der Waals surface area contributed by atoms with Crippen LogP contribution < -0.4 is 15.4 Å². The molecule has 41 heavy (non-hydrogen) atoms. The number of anilines is 1. The van der Waals surface area contributed by atoms with Crippen molar-refractivity contribution in [2.24, 2.45) is 0 Å². The molecule has 13 heteroatoms. The Hall–Kier alpha value is -3.80. The van der Waals surface area contributed by atoms with Crippen LogP contribution in [0.1, 0.15) is 50.2 Å². The van der Waals surface area contributed by atoms with Crippen LogP contribution in [0.5, 0.6) is 5.75 Å². The van der Waals surface area contributed by atoms with Gasteiger partial charge in [-0.2, -0.15) is 26.3 Å². The lowest BCUT2D eigenvalue weighted by Gasteiger charge is -2.30. The maximum absolute atomic E-state index is 14.5. The standard InChI is InChI=1S/C28H22ClF7N2O3/c1-15-14-16(26(30,27(31,32)33)28(34,35)36)10-11-20(15)37-23(39)17-6-5-8-19(29)22(17)24(40)38-25(12-13-25)18-7-3-4-9-21(18)41-2/h3-11,14H,12-13H2,1-2H3,(H,37,39)(H,38,40). The van der Waals surface area contributed by atoms with Gasteiger partial charge in [0.1, 0.15) is 5.75 Å². The molecule has 4 rings (SSSR count). The van der Waals surface area contributed by atoms with Crippen molar-refractivity contribution in [3.8, 4) is 5.75 Å². The molecule has 5 nitrogen and oxygen atoms in total. The van der Waals surface area contributed by atoms with Crippen molar-refractivity contribution in [3.05, 3.63) is 93.5 Å². The Morgan fingerprint density at radius 2 is 1.51 bits per heavy atom. The van der Waals surface area contributed by atoms with Crippen LogP contribution in [0.3, 0.4) is 0 Å².